The highest BCUT2D eigenvalue weighted by molar-refractivity contribution is 7.92. The van der Waals surface area contributed by atoms with Gasteiger partial charge in [0.15, 0.2) is 0 Å². The van der Waals surface area contributed by atoms with E-state index in [-0.39, 0.29) is 22.9 Å². The Kier molecular flexibility index (Phi) is 3.59. The lowest BCUT2D eigenvalue weighted by atomic mass is 10.3. The first-order chi connectivity index (χ1) is 8.92. The van der Waals surface area contributed by atoms with Crippen LogP contribution in [0.15, 0.2) is 39.6 Å². The third-order valence-corrected chi connectivity index (χ3v) is 3.98. The second-order valence-corrected chi connectivity index (χ2v) is 5.60. The van der Waals surface area contributed by atoms with Crippen LogP contribution in [-0.4, -0.2) is 8.42 Å². The molecule has 0 saturated carbocycles. The largest absolute Gasteiger partial charge is 0.464 e. The van der Waals surface area contributed by atoms with Gasteiger partial charge < -0.3 is 10.2 Å². The maximum atomic E-state index is 13.0. The Morgan fingerprint density at radius 3 is 2.68 bits per heavy atom. The summed E-state index contributed by atoms with van der Waals surface area (Å²) in [6.45, 7) is 1.63. The fraction of sp³-hybridized carbons (Fsp3) is 0.167. The van der Waals surface area contributed by atoms with E-state index in [0.29, 0.717) is 5.76 Å². The van der Waals surface area contributed by atoms with Crippen LogP contribution < -0.4 is 10.5 Å². The molecule has 2 rings (SSSR count). The Balaban J connectivity index is 2.34. The van der Waals surface area contributed by atoms with E-state index in [9.17, 15) is 12.8 Å². The number of rotatable bonds is 4. The molecule has 1 heterocycles. The van der Waals surface area contributed by atoms with Gasteiger partial charge in [-0.2, -0.15) is 0 Å². The molecule has 2 aromatic rings. The molecule has 1 aromatic heterocycles. The number of nitrogens with one attached hydrogen (secondary N) is 1. The van der Waals surface area contributed by atoms with Gasteiger partial charge in [-0.05, 0) is 25.1 Å². The standard InChI is InChI=1S/C12H13FN2O3S/c1-8-12(6-11(7-14)18-8)19(16,17)15-10-4-2-3-9(13)5-10/h2-6,15H,7,14H2,1H3. The van der Waals surface area contributed by atoms with Crippen molar-refractivity contribution in [3.8, 4) is 0 Å². The van der Waals surface area contributed by atoms with Crippen molar-refractivity contribution >= 4 is 15.7 Å². The van der Waals surface area contributed by atoms with Crippen LogP contribution in [0, 0.1) is 12.7 Å². The molecular formula is C12H13FN2O3S. The van der Waals surface area contributed by atoms with Crippen LogP contribution in [0.2, 0.25) is 0 Å². The molecule has 3 N–H and O–H groups in total. The smallest absolute Gasteiger partial charge is 0.265 e. The number of hydrogen-bond donors (Lipinski definition) is 2. The van der Waals surface area contributed by atoms with Gasteiger partial charge in [0.25, 0.3) is 10.0 Å². The molecular weight excluding hydrogens is 271 g/mol. The molecule has 0 aliphatic carbocycles. The minimum atomic E-state index is -3.82. The molecule has 0 saturated heterocycles. The number of aryl methyl sites for hydroxylation is 1. The first-order valence-electron chi connectivity index (χ1n) is 5.50. The molecule has 7 heteroatoms. The molecule has 19 heavy (non-hydrogen) atoms. The Hall–Kier alpha value is -1.86. The summed E-state index contributed by atoms with van der Waals surface area (Å²) < 4.78 is 44.7. The molecule has 0 amide bonds. The first kappa shape index (κ1) is 13.6. The Bertz CT molecular complexity index is 695. The maximum absolute atomic E-state index is 13.0. The molecule has 5 nitrogen and oxygen atoms in total. The Morgan fingerprint density at radius 1 is 1.37 bits per heavy atom. The summed E-state index contributed by atoms with van der Waals surface area (Å²) in [4.78, 5) is -0.00258. The second-order valence-electron chi connectivity index (χ2n) is 3.95. The number of hydrogen-bond acceptors (Lipinski definition) is 4. The van der Waals surface area contributed by atoms with E-state index in [1.807, 2.05) is 0 Å². The zero-order chi connectivity index (χ0) is 14.0. The number of benzene rings is 1. The summed E-state index contributed by atoms with van der Waals surface area (Å²) in [7, 11) is -3.82. The molecule has 0 atom stereocenters. The number of nitrogens with two attached hydrogens (primary N) is 1. The predicted octanol–water partition coefficient (Wildman–Crippen LogP) is 1.99. The van der Waals surface area contributed by atoms with Crippen molar-refractivity contribution in [2.75, 3.05) is 4.72 Å². The van der Waals surface area contributed by atoms with Crippen LogP contribution in [-0.2, 0) is 16.6 Å². The summed E-state index contributed by atoms with van der Waals surface area (Å²) in [6.07, 6.45) is 0. The molecule has 0 fully saturated rings. The lowest BCUT2D eigenvalue weighted by Gasteiger charge is -2.06. The van der Waals surface area contributed by atoms with E-state index in [2.05, 4.69) is 4.72 Å². The molecule has 0 bridgehead atoms. The SMILES string of the molecule is Cc1oc(CN)cc1S(=O)(=O)Nc1cccc(F)c1. The first-order valence-corrected chi connectivity index (χ1v) is 6.98. The minimum absolute atomic E-state index is 0.00258. The average molecular weight is 284 g/mol. The van der Waals surface area contributed by atoms with Gasteiger partial charge in [-0.3, -0.25) is 4.72 Å². The lowest BCUT2D eigenvalue weighted by Crippen LogP contribution is -2.13. The van der Waals surface area contributed by atoms with E-state index >= 15 is 0 Å². The zero-order valence-corrected chi connectivity index (χ0v) is 11.0. The van der Waals surface area contributed by atoms with Crippen LogP contribution in [0.1, 0.15) is 11.5 Å². The number of anilines is 1. The van der Waals surface area contributed by atoms with Gasteiger partial charge in [0.1, 0.15) is 22.2 Å². The second kappa shape index (κ2) is 5.02. The maximum Gasteiger partial charge on any atom is 0.265 e. The van der Waals surface area contributed by atoms with Gasteiger partial charge in [-0.15, -0.1) is 0 Å². The van der Waals surface area contributed by atoms with Gasteiger partial charge in [-0.25, -0.2) is 12.8 Å². The molecule has 0 radical (unpaired) electrons. The molecule has 0 spiro atoms. The van der Waals surface area contributed by atoms with Crippen molar-refractivity contribution in [2.24, 2.45) is 5.73 Å². The van der Waals surface area contributed by atoms with E-state index in [1.165, 1.54) is 31.2 Å². The summed E-state index contributed by atoms with van der Waals surface area (Å²) in [5, 5.41) is 0. The van der Waals surface area contributed by atoms with Crippen molar-refractivity contribution < 1.29 is 17.2 Å². The van der Waals surface area contributed by atoms with Gasteiger partial charge >= 0.3 is 0 Å². The monoisotopic (exact) mass is 284 g/mol. The summed E-state index contributed by atoms with van der Waals surface area (Å²) >= 11 is 0. The van der Waals surface area contributed by atoms with Crippen LogP contribution in [0.5, 0.6) is 0 Å². The fourth-order valence-electron chi connectivity index (χ4n) is 1.65. The van der Waals surface area contributed by atoms with Crippen molar-refractivity contribution in [2.45, 2.75) is 18.4 Å². The Morgan fingerprint density at radius 2 is 2.11 bits per heavy atom. The number of sulfonamides is 1. The predicted molar refractivity (Wildman–Crippen MR) is 68.5 cm³/mol. The van der Waals surface area contributed by atoms with Crippen molar-refractivity contribution in [3.63, 3.8) is 0 Å². The molecule has 0 unspecified atom stereocenters. The van der Waals surface area contributed by atoms with E-state index in [0.717, 1.165) is 6.07 Å². The highest BCUT2D eigenvalue weighted by Gasteiger charge is 2.21. The zero-order valence-electron chi connectivity index (χ0n) is 10.2. The van der Waals surface area contributed by atoms with Gasteiger partial charge in [-0.1, -0.05) is 6.07 Å². The fourth-order valence-corrected chi connectivity index (χ4v) is 2.91. The quantitative estimate of drug-likeness (QED) is 0.899. The average Bonchev–Trinajstić information content (AvgIpc) is 2.71. The van der Waals surface area contributed by atoms with E-state index in [1.54, 1.807) is 0 Å². The third-order valence-electron chi connectivity index (χ3n) is 2.49. The summed E-state index contributed by atoms with van der Waals surface area (Å²) in [5.74, 6) is 0.0910. The summed E-state index contributed by atoms with van der Waals surface area (Å²) in [5.41, 5.74) is 5.54. The lowest BCUT2D eigenvalue weighted by molar-refractivity contribution is 0.479. The van der Waals surface area contributed by atoms with Crippen LogP contribution >= 0.6 is 0 Å². The van der Waals surface area contributed by atoms with Crippen LogP contribution in [0.25, 0.3) is 0 Å². The number of furan rings is 1. The topological polar surface area (TPSA) is 85.3 Å². The van der Waals surface area contributed by atoms with Gasteiger partial charge in [0, 0.05) is 6.07 Å². The minimum Gasteiger partial charge on any atom is -0.464 e. The highest BCUT2D eigenvalue weighted by Crippen LogP contribution is 2.22. The molecule has 0 aliphatic rings. The van der Waals surface area contributed by atoms with Crippen LogP contribution in [0.4, 0.5) is 10.1 Å². The van der Waals surface area contributed by atoms with Crippen molar-refractivity contribution in [1.82, 2.24) is 0 Å². The van der Waals surface area contributed by atoms with Crippen LogP contribution in [0.3, 0.4) is 0 Å². The van der Waals surface area contributed by atoms with E-state index in [4.69, 9.17) is 10.2 Å². The highest BCUT2D eigenvalue weighted by atomic mass is 32.2. The van der Waals surface area contributed by atoms with Gasteiger partial charge in [0.05, 0.1) is 12.2 Å². The van der Waals surface area contributed by atoms with Crippen molar-refractivity contribution in [1.29, 1.82) is 0 Å². The van der Waals surface area contributed by atoms with Gasteiger partial charge in [0.2, 0.25) is 0 Å². The molecule has 102 valence electrons. The Labute approximate surface area is 110 Å². The molecule has 0 aliphatic heterocycles. The van der Waals surface area contributed by atoms with E-state index < -0.39 is 15.8 Å². The summed E-state index contributed by atoms with van der Waals surface area (Å²) in [6, 6.07) is 6.56. The normalized spacial score (nSPS) is 11.5. The molecule has 1 aromatic carbocycles. The third kappa shape index (κ3) is 2.94. The number of halogens is 1. The van der Waals surface area contributed by atoms with Crippen molar-refractivity contribution in [3.05, 3.63) is 47.7 Å².